The molecule has 0 radical (unpaired) electrons. The molecule has 2 atom stereocenters. The van der Waals surface area contributed by atoms with Gasteiger partial charge in [0.05, 0.1) is 0 Å². The molecule has 0 aliphatic rings. The minimum Gasteiger partial charge on any atom is -0.480 e. The highest BCUT2D eigenvalue weighted by atomic mass is 16.5. The topological polar surface area (TPSA) is 106 Å². The van der Waals surface area contributed by atoms with Crippen LogP contribution in [0.2, 0.25) is 0 Å². The van der Waals surface area contributed by atoms with Gasteiger partial charge in [0.1, 0.15) is 17.4 Å². The van der Waals surface area contributed by atoms with E-state index in [0.717, 1.165) is 23.8 Å². The minimum absolute atomic E-state index is 0.403. The molecule has 1 heterocycles. The molecule has 140 valence electrons. The van der Waals surface area contributed by atoms with E-state index in [-0.39, 0.29) is 0 Å². The van der Waals surface area contributed by atoms with Gasteiger partial charge in [-0.3, -0.25) is 9.59 Å². The van der Waals surface area contributed by atoms with E-state index in [4.69, 9.17) is 14.3 Å². The van der Waals surface area contributed by atoms with Crippen molar-refractivity contribution in [2.75, 3.05) is 0 Å². The second kappa shape index (κ2) is 8.03. The van der Waals surface area contributed by atoms with Crippen LogP contribution in [0.25, 0.3) is 11.0 Å². The van der Waals surface area contributed by atoms with Crippen LogP contribution in [0.3, 0.4) is 0 Å². The number of carboxylic acids is 1. The summed E-state index contributed by atoms with van der Waals surface area (Å²) < 4.78 is 11.0. The van der Waals surface area contributed by atoms with Crippen molar-refractivity contribution in [2.24, 2.45) is 0 Å². The first-order valence-electron chi connectivity index (χ1n) is 8.50. The fourth-order valence-corrected chi connectivity index (χ4v) is 2.65. The van der Waals surface area contributed by atoms with Crippen molar-refractivity contribution in [1.82, 2.24) is 5.32 Å². The molecule has 0 saturated heterocycles. The number of hydrogen-bond acceptors (Lipinski definition) is 5. The van der Waals surface area contributed by atoms with Crippen LogP contribution < -0.4 is 15.7 Å². The summed E-state index contributed by atoms with van der Waals surface area (Å²) in [6, 6.07) is 4.01. The summed E-state index contributed by atoms with van der Waals surface area (Å²) in [6.45, 7) is 6.68. The fraction of sp³-hybridized carbons (Fsp3) is 0.421. The number of fused-ring (bicyclic) bond motifs is 1. The van der Waals surface area contributed by atoms with E-state index in [1.165, 1.54) is 19.9 Å². The first-order valence-corrected chi connectivity index (χ1v) is 8.50. The first-order chi connectivity index (χ1) is 12.2. The number of carbonyl (C=O) groups excluding carboxylic acids is 1. The Balaban J connectivity index is 2.30. The van der Waals surface area contributed by atoms with Gasteiger partial charge in [-0.25, -0.2) is 4.79 Å². The predicted molar refractivity (Wildman–Crippen MR) is 96.5 cm³/mol. The molecule has 7 heteroatoms. The lowest BCUT2D eigenvalue weighted by Gasteiger charge is -2.18. The Labute approximate surface area is 151 Å². The Morgan fingerprint density at radius 2 is 2.00 bits per heavy atom. The maximum Gasteiger partial charge on any atom is 0.336 e. The molecule has 1 aromatic carbocycles. The van der Waals surface area contributed by atoms with Gasteiger partial charge in [-0.2, -0.15) is 0 Å². The van der Waals surface area contributed by atoms with Gasteiger partial charge in [0.15, 0.2) is 6.10 Å². The summed E-state index contributed by atoms with van der Waals surface area (Å²) in [4.78, 5) is 34.7. The molecule has 0 bridgehead atoms. The van der Waals surface area contributed by atoms with Gasteiger partial charge in [-0.1, -0.05) is 13.3 Å². The summed E-state index contributed by atoms with van der Waals surface area (Å²) in [5.74, 6) is -1.27. The van der Waals surface area contributed by atoms with Crippen molar-refractivity contribution in [3.63, 3.8) is 0 Å². The van der Waals surface area contributed by atoms with Crippen molar-refractivity contribution in [3.8, 4) is 5.75 Å². The number of hydrogen-bond donors (Lipinski definition) is 2. The average Bonchev–Trinajstić information content (AvgIpc) is 2.57. The molecule has 0 fully saturated rings. The van der Waals surface area contributed by atoms with Gasteiger partial charge in [0.2, 0.25) is 0 Å². The Bertz CT molecular complexity index is 885. The number of aryl methyl sites for hydroxylation is 2. The van der Waals surface area contributed by atoms with Gasteiger partial charge in [0, 0.05) is 17.0 Å². The van der Waals surface area contributed by atoms with Gasteiger partial charge in [0.25, 0.3) is 5.91 Å². The lowest BCUT2D eigenvalue weighted by molar-refractivity contribution is -0.142. The molecule has 0 spiro atoms. The van der Waals surface area contributed by atoms with E-state index >= 15 is 0 Å². The van der Waals surface area contributed by atoms with Crippen molar-refractivity contribution in [2.45, 2.75) is 52.7 Å². The summed E-state index contributed by atoms with van der Waals surface area (Å²) in [7, 11) is 0. The second-order valence-electron chi connectivity index (χ2n) is 6.23. The average molecular weight is 361 g/mol. The molecule has 26 heavy (non-hydrogen) atoms. The normalized spacial score (nSPS) is 13.2. The highest BCUT2D eigenvalue weighted by Gasteiger charge is 2.21. The van der Waals surface area contributed by atoms with Gasteiger partial charge in [-0.15, -0.1) is 0 Å². The van der Waals surface area contributed by atoms with Crippen molar-refractivity contribution >= 4 is 22.8 Å². The maximum absolute atomic E-state index is 12.1. The highest BCUT2D eigenvalue weighted by molar-refractivity contribution is 5.87. The standard InChI is InChI=1S/C19H23NO6/c1-5-6-13-9-16(21)26-17-10(2)15(8-7-14(13)17)25-12(4)18(22)20-11(3)19(23)24/h7-9,11-12H,5-6H2,1-4H3,(H,20,22)(H,23,24)/t11-,12+/m0/s1. The molecule has 1 amide bonds. The molecule has 0 aliphatic carbocycles. The molecular weight excluding hydrogens is 338 g/mol. The van der Waals surface area contributed by atoms with Gasteiger partial charge >= 0.3 is 11.6 Å². The molecule has 0 unspecified atom stereocenters. The van der Waals surface area contributed by atoms with Crippen LogP contribution in [0.15, 0.2) is 27.4 Å². The molecule has 2 N–H and O–H groups in total. The van der Waals surface area contributed by atoms with Gasteiger partial charge < -0.3 is 19.6 Å². The fourth-order valence-electron chi connectivity index (χ4n) is 2.65. The number of amides is 1. The van der Waals surface area contributed by atoms with Crippen molar-refractivity contribution < 1.29 is 23.8 Å². The van der Waals surface area contributed by atoms with Crippen molar-refractivity contribution in [3.05, 3.63) is 39.7 Å². The zero-order chi connectivity index (χ0) is 19.4. The minimum atomic E-state index is -1.13. The largest absolute Gasteiger partial charge is 0.480 e. The third-order valence-corrected chi connectivity index (χ3v) is 4.12. The molecule has 2 aromatic rings. The van der Waals surface area contributed by atoms with Crippen LogP contribution in [-0.4, -0.2) is 29.1 Å². The Kier molecular flexibility index (Phi) is 6.02. The SMILES string of the molecule is CCCc1cc(=O)oc2c(C)c(O[C@H](C)C(=O)N[C@@H](C)C(=O)O)ccc12. The summed E-state index contributed by atoms with van der Waals surface area (Å²) in [6.07, 6.45) is 0.751. The second-order valence-corrected chi connectivity index (χ2v) is 6.23. The van der Waals surface area contributed by atoms with Crippen molar-refractivity contribution in [1.29, 1.82) is 0 Å². The van der Waals surface area contributed by atoms with E-state index < -0.39 is 29.6 Å². The van der Waals surface area contributed by atoms with E-state index in [9.17, 15) is 14.4 Å². The number of rotatable bonds is 7. The van der Waals surface area contributed by atoms with Gasteiger partial charge in [-0.05, 0) is 44.9 Å². The van der Waals surface area contributed by atoms with Crippen LogP contribution in [0.5, 0.6) is 5.75 Å². The molecule has 1 aromatic heterocycles. The molecule has 0 aliphatic heterocycles. The van der Waals surface area contributed by atoms with Crippen LogP contribution in [0, 0.1) is 6.92 Å². The van der Waals surface area contributed by atoms with E-state index in [1.54, 1.807) is 19.1 Å². The third kappa shape index (κ3) is 4.22. The van der Waals surface area contributed by atoms with Crippen LogP contribution in [0.1, 0.15) is 38.3 Å². The van der Waals surface area contributed by atoms with E-state index in [2.05, 4.69) is 5.32 Å². The lowest BCUT2D eigenvalue weighted by atomic mass is 10.0. The molecule has 2 rings (SSSR count). The monoisotopic (exact) mass is 361 g/mol. The number of carbonyl (C=O) groups is 2. The van der Waals surface area contributed by atoms with Crippen LogP contribution in [0.4, 0.5) is 0 Å². The molecule has 7 nitrogen and oxygen atoms in total. The predicted octanol–water partition coefficient (Wildman–Crippen LogP) is 2.41. The summed E-state index contributed by atoms with van der Waals surface area (Å²) >= 11 is 0. The Morgan fingerprint density at radius 3 is 2.62 bits per heavy atom. The van der Waals surface area contributed by atoms with Crippen LogP contribution in [-0.2, 0) is 16.0 Å². The summed E-state index contributed by atoms with van der Waals surface area (Å²) in [5.41, 5.74) is 1.53. The number of ether oxygens (including phenoxy) is 1. The number of benzene rings is 1. The third-order valence-electron chi connectivity index (χ3n) is 4.12. The zero-order valence-corrected chi connectivity index (χ0v) is 15.3. The number of carboxylic acid groups (broad SMARTS) is 1. The number of nitrogens with one attached hydrogen (secondary N) is 1. The number of aliphatic carboxylic acids is 1. The molecule has 0 saturated carbocycles. The smallest absolute Gasteiger partial charge is 0.336 e. The Hall–Kier alpha value is -2.83. The lowest BCUT2D eigenvalue weighted by Crippen LogP contribution is -2.44. The van der Waals surface area contributed by atoms with E-state index in [0.29, 0.717) is 16.9 Å². The molecular formula is C19H23NO6. The Morgan fingerprint density at radius 1 is 1.31 bits per heavy atom. The zero-order valence-electron chi connectivity index (χ0n) is 15.3. The highest BCUT2D eigenvalue weighted by Crippen LogP contribution is 2.29. The van der Waals surface area contributed by atoms with E-state index in [1.807, 2.05) is 6.92 Å². The van der Waals surface area contributed by atoms with Crippen LogP contribution >= 0.6 is 0 Å². The first kappa shape index (κ1) is 19.5. The summed E-state index contributed by atoms with van der Waals surface area (Å²) in [5, 5.41) is 12.1. The quantitative estimate of drug-likeness (QED) is 0.734. The maximum atomic E-state index is 12.1.